The van der Waals surface area contributed by atoms with Crippen LogP contribution in [0.15, 0.2) is 4.99 Å². The fraction of sp³-hybridized carbons (Fsp3) is 0.929. The zero-order chi connectivity index (χ0) is 12.1. The second kappa shape index (κ2) is 6.50. The van der Waals surface area contributed by atoms with E-state index in [1.807, 2.05) is 6.21 Å². The van der Waals surface area contributed by atoms with Gasteiger partial charge in [0.25, 0.3) is 0 Å². The van der Waals surface area contributed by atoms with E-state index < -0.39 is 0 Å². The highest BCUT2D eigenvalue weighted by atomic mass is 16.5. The van der Waals surface area contributed by atoms with Crippen LogP contribution in [0.2, 0.25) is 0 Å². The minimum atomic E-state index is 0.249. The SMILES string of the molecule is CC1OC(C=NCCCN)CCC1C1CCC1. The molecule has 98 valence electrons. The van der Waals surface area contributed by atoms with Gasteiger partial charge in [0.05, 0.1) is 12.2 Å². The summed E-state index contributed by atoms with van der Waals surface area (Å²) >= 11 is 0. The van der Waals surface area contributed by atoms with Crippen molar-refractivity contribution < 1.29 is 4.74 Å². The van der Waals surface area contributed by atoms with Crippen molar-refractivity contribution in [3.8, 4) is 0 Å². The van der Waals surface area contributed by atoms with Gasteiger partial charge in [0.2, 0.25) is 0 Å². The van der Waals surface area contributed by atoms with Crippen LogP contribution in [-0.2, 0) is 4.74 Å². The van der Waals surface area contributed by atoms with Gasteiger partial charge in [0, 0.05) is 12.8 Å². The topological polar surface area (TPSA) is 47.6 Å². The van der Waals surface area contributed by atoms with Crippen molar-refractivity contribution >= 4 is 6.21 Å². The van der Waals surface area contributed by atoms with Crippen LogP contribution in [0.5, 0.6) is 0 Å². The predicted octanol–water partition coefficient (Wildman–Crippen LogP) is 2.39. The number of aliphatic imine (C=N–C) groups is 1. The van der Waals surface area contributed by atoms with Crippen molar-refractivity contribution in [2.75, 3.05) is 13.1 Å². The first-order valence-electron chi connectivity index (χ1n) is 7.16. The van der Waals surface area contributed by atoms with E-state index in [0.717, 1.165) is 37.8 Å². The molecular formula is C14H26N2O. The molecule has 2 aliphatic rings. The number of hydrogen-bond donors (Lipinski definition) is 1. The van der Waals surface area contributed by atoms with Crippen molar-refractivity contribution in [1.29, 1.82) is 0 Å². The van der Waals surface area contributed by atoms with Gasteiger partial charge in [-0.3, -0.25) is 4.99 Å². The van der Waals surface area contributed by atoms with E-state index in [-0.39, 0.29) is 6.10 Å². The lowest BCUT2D eigenvalue weighted by molar-refractivity contribution is -0.0704. The third-order valence-electron chi connectivity index (χ3n) is 4.30. The molecule has 1 saturated heterocycles. The molecular weight excluding hydrogens is 212 g/mol. The van der Waals surface area contributed by atoms with Gasteiger partial charge in [-0.25, -0.2) is 0 Å². The molecule has 1 saturated carbocycles. The van der Waals surface area contributed by atoms with E-state index in [9.17, 15) is 0 Å². The number of nitrogens with zero attached hydrogens (tertiary/aromatic N) is 1. The number of nitrogens with two attached hydrogens (primary N) is 1. The van der Waals surface area contributed by atoms with Gasteiger partial charge in [-0.1, -0.05) is 19.3 Å². The zero-order valence-electron chi connectivity index (χ0n) is 11.0. The Kier molecular flexibility index (Phi) is 4.99. The molecule has 2 fully saturated rings. The van der Waals surface area contributed by atoms with Gasteiger partial charge in [-0.15, -0.1) is 0 Å². The Morgan fingerprint density at radius 1 is 1.29 bits per heavy atom. The first kappa shape index (κ1) is 13.0. The number of rotatable bonds is 5. The molecule has 0 bridgehead atoms. The highest BCUT2D eigenvalue weighted by Gasteiger charge is 2.35. The monoisotopic (exact) mass is 238 g/mol. The Labute approximate surface area is 105 Å². The van der Waals surface area contributed by atoms with Crippen molar-refractivity contribution in [1.82, 2.24) is 0 Å². The molecule has 1 heterocycles. The summed E-state index contributed by atoms with van der Waals surface area (Å²) in [4.78, 5) is 4.39. The maximum absolute atomic E-state index is 6.06. The quantitative estimate of drug-likeness (QED) is 0.590. The molecule has 0 spiro atoms. The molecule has 3 heteroatoms. The van der Waals surface area contributed by atoms with Crippen LogP contribution in [0.4, 0.5) is 0 Å². The smallest absolute Gasteiger partial charge is 0.0925 e. The average molecular weight is 238 g/mol. The standard InChI is InChI=1S/C14H26N2O/c1-11-14(12-4-2-5-12)7-6-13(17-11)10-16-9-3-8-15/h10-14H,2-9,15H2,1H3. The van der Waals surface area contributed by atoms with Crippen molar-refractivity contribution in [3.63, 3.8) is 0 Å². The minimum Gasteiger partial charge on any atom is -0.369 e. The fourth-order valence-corrected chi connectivity index (χ4v) is 3.01. The largest absolute Gasteiger partial charge is 0.369 e. The Hall–Kier alpha value is -0.410. The molecule has 0 aromatic heterocycles. The van der Waals surface area contributed by atoms with Crippen LogP contribution in [0.25, 0.3) is 0 Å². The summed E-state index contributed by atoms with van der Waals surface area (Å²) in [5, 5.41) is 0. The van der Waals surface area contributed by atoms with Crippen molar-refractivity contribution in [3.05, 3.63) is 0 Å². The maximum atomic E-state index is 6.06. The maximum Gasteiger partial charge on any atom is 0.0925 e. The van der Waals surface area contributed by atoms with Gasteiger partial charge in [0.15, 0.2) is 0 Å². The molecule has 17 heavy (non-hydrogen) atoms. The van der Waals surface area contributed by atoms with Crippen LogP contribution in [0.3, 0.4) is 0 Å². The second-order valence-corrected chi connectivity index (χ2v) is 5.51. The van der Waals surface area contributed by atoms with Gasteiger partial charge in [0.1, 0.15) is 0 Å². The number of hydrogen-bond acceptors (Lipinski definition) is 3. The van der Waals surface area contributed by atoms with Crippen molar-refractivity contribution in [2.24, 2.45) is 22.6 Å². The van der Waals surface area contributed by atoms with Gasteiger partial charge in [-0.2, -0.15) is 0 Å². The van der Waals surface area contributed by atoms with E-state index in [4.69, 9.17) is 10.5 Å². The summed E-state index contributed by atoms with van der Waals surface area (Å²) in [6, 6.07) is 0. The van der Waals surface area contributed by atoms with E-state index in [2.05, 4.69) is 11.9 Å². The molecule has 0 aromatic carbocycles. The Morgan fingerprint density at radius 2 is 2.12 bits per heavy atom. The van der Waals surface area contributed by atoms with E-state index in [1.165, 1.54) is 25.7 Å². The summed E-state index contributed by atoms with van der Waals surface area (Å²) in [6.45, 7) is 3.81. The summed E-state index contributed by atoms with van der Waals surface area (Å²) in [5.41, 5.74) is 5.44. The van der Waals surface area contributed by atoms with E-state index >= 15 is 0 Å². The predicted molar refractivity (Wildman–Crippen MR) is 71.4 cm³/mol. The average Bonchev–Trinajstić information content (AvgIpc) is 2.25. The summed E-state index contributed by atoms with van der Waals surface area (Å²) in [7, 11) is 0. The van der Waals surface area contributed by atoms with Crippen molar-refractivity contribution in [2.45, 2.75) is 57.7 Å². The summed E-state index contributed by atoms with van der Waals surface area (Å²) in [6.07, 6.45) is 10.4. The molecule has 3 unspecified atom stereocenters. The van der Waals surface area contributed by atoms with Crippen LogP contribution in [0, 0.1) is 11.8 Å². The third kappa shape index (κ3) is 3.52. The zero-order valence-corrected chi connectivity index (χ0v) is 11.0. The molecule has 0 amide bonds. The lowest BCUT2D eigenvalue weighted by Gasteiger charge is -2.41. The van der Waals surface area contributed by atoms with E-state index in [1.54, 1.807) is 0 Å². The van der Waals surface area contributed by atoms with Crippen LogP contribution >= 0.6 is 0 Å². The summed E-state index contributed by atoms with van der Waals surface area (Å²) in [5.74, 6) is 1.75. The normalized spacial score (nSPS) is 35.1. The Morgan fingerprint density at radius 3 is 2.71 bits per heavy atom. The fourth-order valence-electron chi connectivity index (χ4n) is 3.01. The lowest BCUT2D eigenvalue weighted by atomic mass is 9.71. The van der Waals surface area contributed by atoms with Gasteiger partial charge in [-0.05, 0) is 44.6 Å². The highest BCUT2D eigenvalue weighted by molar-refractivity contribution is 5.63. The lowest BCUT2D eigenvalue weighted by Crippen LogP contribution is -2.39. The minimum absolute atomic E-state index is 0.249. The van der Waals surface area contributed by atoms with Crippen LogP contribution in [-0.4, -0.2) is 31.5 Å². The first-order valence-corrected chi connectivity index (χ1v) is 7.16. The molecule has 3 atom stereocenters. The molecule has 0 radical (unpaired) electrons. The molecule has 3 nitrogen and oxygen atoms in total. The molecule has 2 rings (SSSR count). The Bertz CT molecular complexity index is 251. The molecule has 2 N–H and O–H groups in total. The van der Waals surface area contributed by atoms with Crippen LogP contribution < -0.4 is 5.73 Å². The summed E-state index contributed by atoms with van der Waals surface area (Å²) < 4.78 is 6.06. The first-order chi connectivity index (χ1) is 8.31. The van der Waals surface area contributed by atoms with E-state index in [0.29, 0.717) is 6.10 Å². The third-order valence-corrected chi connectivity index (χ3v) is 4.30. The molecule has 0 aromatic rings. The number of ether oxygens (including phenoxy) is 1. The molecule has 1 aliphatic heterocycles. The van der Waals surface area contributed by atoms with Crippen LogP contribution in [0.1, 0.15) is 45.4 Å². The van der Waals surface area contributed by atoms with Gasteiger partial charge >= 0.3 is 0 Å². The second-order valence-electron chi connectivity index (χ2n) is 5.51. The van der Waals surface area contributed by atoms with Gasteiger partial charge < -0.3 is 10.5 Å². The Balaban J connectivity index is 1.72. The highest BCUT2D eigenvalue weighted by Crippen LogP contribution is 2.40. The molecule has 1 aliphatic carbocycles.